The van der Waals surface area contributed by atoms with Gasteiger partial charge in [0.15, 0.2) is 68.8 Å². The van der Waals surface area contributed by atoms with Gasteiger partial charge in [-0.3, -0.25) is 23.8 Å². The number of rotatable bonds is 25. The Balaban J connectivity index is 0.000000177. The van der Waals surface area contributed by atoms with Crippen LogP contribution in [0.25, 0.3) is 65.3 Å². The summed E-state index contributed by atoms with van der Waals surface area (Å²) in [5, 5.41) is 41.8. The summed E-state index contributed by atoms with van der Waals surface area (Å²) in [5.74, 6) is -1.71. The summed E-state index contributed by atoms with van der Waals surface area (Å²) in [4.78, 5) is 119. The number of hydrogen-bond acceptors (Lipinski definition) is 33. The van der Waals surface area contributed by atoms with Gasteiger partial charge in [0.2, 0.25) is 10.0 Å². The van der Waals surface area contributed by atoms with Crippen molar-refractivity contribution >= 4 is 162 Å². The molecule has 2 fully saturated rings. The lowest BCUT2D eigenvalue weighted by Crippen LogP contribution is -2.44. The summed E-state index contributed by atoms with van der Waals surface area (Å²) in [7, 11) is -8.22. The lowest BCUT2D eigenvalue weighted by atomic mass is 10.0. The topological polar surface area (TPSA) is 483 Å². The number of pyridine rings is 10. The first-order chi connectivity index (χ1) is 68.7. The Morgan fingerprint density at radius 3 is 1.49 bits per heavy atom. The first-order valence-electron chi connectivity index (χ1n) is 47.2. The van der Waals surface area contributed by atoms with Crippen LogP contribution in [0.3, 0.4) is 0 Å². The molecule has 11 heterocycles. The largest absolute Gasteiger partial charge is 0.540 e. The smallest absolute Gasteiger partial charge is 0.414 e. The highest BCUT2D eigenvalue weighted by Gasteiger charge is 2.48. The second kappa shape index (κ2) is 45.8. The Morgan fingerprint density at radius 1 is 0.517 bits per heavy atom. The van der Waals surface area contributed by atoms with Crippen molar-refractivity contribution < 1.29 is 112 Å². The third-order valence-corrected chi connectivity index (χ3v) is 41.9. The quantitative estimate of drug-likeness (QED) is 0.0153. The zero-order valence-corrected chi connectivity index (χ0v) is 93.3. The maximum absolute atomic E-state index is 13.4. The van der Waals surface area contributed by atoms with Crippen LogP contribution in [0.15, 0.2) is 147 Å². The fraction of sp³-hybridized carbons (Fsp3) is 0.398. The van der Waals surface area contributed by atoms with Crippen LogP contribution in [0.4, 0.5) is 20.7 Å². The van der Waals surface area contributed by atoms with E-state index >= 15 is 0 Å². The van der Waals surface area contributed by atoms with Crippen molar-refractivity contribution in [3.8, 4) is 51.7 Å². The molecule has 10 aromatic heterocycles. The van der Waals surface area contributed by atoms with Gasteiger partial charge in [0, 0.05) is 72.7 Å². The summed E-state index contributed by atoms with van der Waals surface area (Å²) < 4.78 is 120. The van der Waals surface area contributed by atoms with Crippen molar-refractivity contribution in [1.29, 1.82) is 0 Å². The van der Waals surface area contributed by atoms with Gasteiger partial charge in [0.05, 0.1) is 76.5 Å². The summed E-state index contributed by atoms with van der Waals surface area (Å²) in [6.07, 6.45) is 15.9. The Bertz CT molecular complexity index is 7390. The highest BCUT2D eigenvalue weighted by molar-refractivity contribution is 7.92. The molecule has 1 aliphatic carbocycles. The second-order valence-corrected chi connectivity index (χ2v) is 64.0. The predicted molar refractivity (Wildman–Crippen MR) is 572 cm³/mol. The van der Waals surface area contributed by atoms with Crippen LogP contribution < -0.4 is 47.3 Å². The van der Waals surface area contributed by atoms with E-state index in [0.29, 0.717) is 87.1 Å². The first kappa shape index (κ1) is 114. The fourth-order valence-corrected chi connectivity index (χ4v) is 19.7. The molecule has 0 unspecified atom stereocenters. The number of esters is 3. The maximum Gasteiger partial charge on any atom is 0.414 e. The molecule has 0 bridgehead atoms. The minimum atomic E-state index is -3.65. The molecule has 0 atom stereocenters. The number of sulfonamides is 1. The summed E-state index contributed by atoms with van der Waals surface area (Å²) in [6, 6.07) is 26.5. The van der Waals surface area contributed by atoms with Crippen molar-refractivity contribution in [3.05, 3.63) is 198 Å². The molecule has 5 N–H and O–H groups in total. The van der Waals surface area contributed by atoms with E-state index in [1.807, 2.05) is 55.5 Å². The Hall–Kier alpha value is -13.7. The summed E-state index contributed by atoms with van der Waals surface area (Å²) >= 11 is 0. The number of aromatic hydroxyl groups is 3. The minimum absolute atomic E-state index is 0.00843. The van der Waals surface area contributed by atoms with E-state index in [4.69, 9.17) is 46.4 Å². The molecular weight excluding hydrogens is 2000 g/mol. The van der Waals surface area contributed by atoms with Crippen molar-refractivity contribution in [2.45, 2.75) is 175 Å². The molecule has 13 aromatic rings. The van der Waals surface area contributed by atoms with Crippen molar-refractivity contribution in [3.63, 3.8) is 0 Å². The molecular formula is C103H129FN14O23P2SSi3. The second-order valence-electron chi connectivity index (χ2n) is 41.0. The molecule has 784 valence electrons. The molecule has 3 amide bonds. The van der Waals surface area contributed by atoms with Gasteiger partial charge in [0.1, 0.15) is 83.3 Å². The van der Waals surface area contributed by atoms with Crippen LogP contribution >= 0.6 is 14.3 Å². The number of nitrogens with one attached hydrogen (secondary N) is 2. The molecule has 1 saturated heterocycles. The van der Waals surface area contributed by atoms with Gasteiger partial charge in [-0.2, -0.15) is 0 Å². The molecule has 15 rings (SSSR count). The molecule has 147 heavy (non-hydrogen) atoms. The van der Waals surface area contributed by atoms with Gasteiger partial charge in [-0.15, -0.1) is 0 Å². The lowest BCUT2D eigenvalue weighted by molar-refractivity contribution is 0.0582. The van der Waals surface area contributed by atoms with Crippen molar-refractivity contribution in [1.82, 2.24) is 60.5 Å². The number of aromatic nitrogens is 10. The van der Waals surface area contributed by atoms with E-state index in [2.05, 4.69) is 162 Å². The average molecular weight is 2130 g/mol. The minimum Gasteiger partial charge on any atom is -0.540 e. The highest BCUT2D eigenvalue weighted by Crippen LogP contribution is 2.50. The van der Waals surface area contributed by atoms with Gasteiger partial charge in [-0.1, -0.05) is 117 Å². The normalized spacial score (nSPS) is 13.6. The summed E-state index contributed by atoms with van der Waals surface area (Å²) in [5.41, 5.74) is 3.56. The predicted octanol–water partition coefficient (Wildman–Crippen LogP) is 20.6. The molecule has 0 spiro atoms. The van der Waals surface area contributed by atoms with E-state index in [9.17, 15) is 66.0 Å². The van der Waals surface area contributed by atoms with Gasteiger partial charge < -0.3 is 81.5 Å². The molecule has 2 aliphatic rings. The van der Waals surface area contributed by atoms with Gasteiger partial charge in [-0.25, -0.2) is 76.8 Å². The van der Waals surface area contributed by atoms with E-state index < -0.39 is 102 Å². The van der Waals surface area contributed by atoms with E-state index in [1.54, 1.807) is 83.5 Å². The number of anilines is 2. The number of methoxy groups -OCH3 is 4. The number of hydrogen-bond donors (Lipinski definition) is 5. The van der Waals surface area contributed by atoms with Crippen molar-refractivity contribution in [2.24, 2.45) is 0 Å². The Morgan fingerprint density at radius 2 is 0.986 bits per heavy atom. The van der Waals surface area contributed by atoms with E-state index in [-0.39, 0.29) is 127 Å². The number of benzene rings is 3. The monoisotopic (exact) mass is 2130 g/mol. The van der Waals surface area contributed by atoms with Crippen LogP contribution in [-0.2, 0) is 50.2 Å². The number of amides is 3. The lowest BCUT2D eigenvalue weighted by Gasteiger charge is -2.36. The number of nitrogens with zero attached hydrogens (tertiary/aromatic N) is 12. The first-order valence-corrected chi connectivity index (χ1v) is 63.1. The number of carbonyl (C=O) groups excluding carboxylic acids is 6. The molecule has 1 saturated carbocycles. The molecule has 3 aromatic carbocycles. The number of ether oxygens (including phenoxy) is 7. The van der Waals surface area contributed by atoms with Crippen LogP contribution in [-0.4, -0.2) is 228 Å². The number of aryl methyl sites for hydroxylation is 1. The molecule has 44 heteroatoms. The van der Waals surface area contributed by atoms with E-state index in [1.165, 1.54) is 93.0 Å². The fourth-order valence-electron chi connectivity index (χ4n) is 14.2. The zero-order chi connectivity index (χ0) is 108. The van der Waals surface area contributed by atoms with Crippen LogP contribution in [0.5, 0.6) is 51.7 Å². The molecule has 0 radical (unpaired) electrons. The maximum atomic E-state index is 13.4. The van der Waals surface area contributed by atoms with Crippen LogP contribution in [0.2, 0.25) is 54.4 Å². The standard InChI is InChI=1S/C27H29N4O6P.C24H25FN4O4S.C19H29N2O5PSi.C17H24N2O4Si.C16H22N2O4Si/c1-5-36-27(34)31(2)24-20-14-28-23(25(32)22(20)29-15-21(24)37-16-38(3,4)35)26(33)30-13-17-10-11-18-8-6-7-9-19(18)12-17;1-15-13-18-19(26-14-15)21(30)20(27-22(18)29-11-3-2-4-12-34(29,32)33)23(31)28-24(9-10-24)16-5-7-17(25)8-6-16;1-19(2,3)28(7,8)26-17-15-13(10-20-16(17)18(22)24-4)9-14(11-21-15)25-12-27(5,6)23;1-17(2,3)24(6,7)23-15-13-11(8-12(21-4)10-19-13)9-18-14(15)16(20)22-5;1-16(2,3)23(5,6)22-14-12-10(7-11(19)9-18-12)8-17-13(14)15(20)21-4/h6-12,14-15,32H,5,13,16H2,1-4H3,(H,30,33);5-8,13-14,30H,2-4,9-12H2,1H3,(H,28,31);9-11H,12H2,1-8H3;8-10H,1-7H3;7-9,19H,1-6H3. The molecule has 1 aliphatic heterocycles. The zero-order valence-electron chi connectivity index (χ0n) is 87.7. The van der Waals surface area contributed by atoms with Gasteiger partial charge >= 0.3 is 24.0 Å². The third-order valence-electron chi connectivity index (χ3n) is 25.6. The van der Waals surface area contributed by atoms with E-state index in [0.717, 1.165) is 39.3 Å². The SMILES string of the molecule is CCOC(=O)N(C)c1c(OCP(C)(C)=O)cnc2c(O)c(C(=O)NCc3ccc4ccccc4c3)ncc12.COC(=O)c1ncc2cc(O)cnc2c1O[Si](C)(C)C(C)(C)C.COC(=O)c1ncc2cc(OC)cnc2c1O[Si](C)(C)C(C)(C)C.COC(=O)c1ncc2cc(OCP(C)(C)=O)cnc2c1O[Si](C)(C)C(C)(C)C.Cc1cnc2c(O)c(C(=O)NC3(c4ccc(F)cc4)CC3)nc(N3CCCCCS3(=O)=O)c2c1. The number of carbonyl (C=O) groups is 6. The Kier molecular flexibility index (Phi) is 35.4. The van der Waals surface area contributed by atoms with Crippen LogP contribution in [0, 0.1) is 12.7 Å². The summed E-state index contributed by atoms with van der Waals surface area (Å²) in [6.45, 7) is 42.2. The molecule has 37 nitrogen and oxygen atoms in total. The van der Waals surface area contributed by atoms with Gasteiger partial charge in [0.25, 0.3) is 36.8 Å². The number of halogens is 1. The number of fused-ring (bicyclic) bond motifs is 6. The third kappa shape index (κ3) is 27.4. The highest BCUT2D eigenvalue weighted by atomic mass is 32.2. The van der Waals surface area contributed by atoms with Crippen LogP contribution in [0.1, 0.15) is 170 Å². The Labute approximate surface area is 856 Å². The van der Waals surface area contributed by atoms with Crippen molar-refractivity contribution in [2.75, 3.05) is 103 Å². The van der Waals surface area contributed by atoms with Gasteiger partial charge in [-0.05, 0) is 191 Å². The average Bonchev–Trinajstić information content (AvgIpc) is 1.50.